The molecule has 0 heterocycles. The molecule has 0 spiro atoms. The van der Waals surface area contributed by atoms with E-state index < -0.39 is 0 Å². The van der Waals surface area contributed by atoms with Crippen molar-refractivity contribution < 1.29 is 0 Å². The summed E-state index contributed by atoms with van der Waals surface area (Å²) in [7, 11) is 0. The third kappa shape index (κ3) is 2.19. The molecule has 1 rings (SSSR count). The fourth-order valence-corrected chi connectivity index (χ4v) is 2.97. The first-order valence-electron chi connectivity index (χ1n) is 4.46. The van der Waals surface area contributed by atoms with E-state index in [1.807, 2.05) is 0 Å². The van der Waals surface area contributed by atoms with Gasteiger partial charge in [0.15, 0.2) is 0 Å². The maximum atomic E-state index is 2.41. The Morgan fingerprint density at radius 2 is 2.00 bits per heavy atom. The van der Waals surface area contributed by atoms with Gasteiger partial charge in [0.1, 0.15) is 0 Å². The molecule has 10 heavy (non-hydrogen) atoms. The summed E-state index contributed by atoms with van der Waals surface area (Å²) in [6.07, 6.45) is 5.89. The molecule has 0 amide bonds. The predicted molar refractivity (Wildman–Crippen MR) is 49.6 cm³/mol. The molecule has 1 heteroatoms. The SMILES string of the molecule is CCS[C@H]1CCCC[C@H]1C. The maximum Gasteiger partial charge on any atom is 0.00725 e. The minimum absolute atomic E-state index is 0.985. The summed E-state index contributed by atoms with van der Waals surface area (Å²) >= 11 is 2.16. The van der Waals surface area contributed by atoms with Crippen molar-refractivity contribution in [3.8, 4) is 0 Å². The lowest BCUT2D eigenvalue weighted by atomic mass is 9.90. The maximum absolute atomic E-state index is 2.41. The van der Waals surface area contributed by atoms with E-state index in [-0.39, 0.29) is 0 Å². The Labute approximate surface area is 68.8 Å². The van der Waals surface area contributed by atoms with Crippen LogP contribution >= 0.6 is 11.8 Å². The van der Waals surface area contributed by atoms with E-state index in [9.17, 15) is 0 Å². The van der Waals surface area contributed by atoms with Crippen LogP contribution in [0, 0.1) is 5.92 Å². The molecule has 1 fully saturated rings. The molecule has 0 radical (unpaired) electrons. The second kappa shape index (κ2) is 4.27. The Kier molecular flexibility index (Phi) is 3.61. The van der Waals surface area contributed by atoms with Crippen LogP contribution in [0.3, 0.4) is 0 Å². The highest BCUT2D eigenvalue weighted by Gasteiger charge is 2.20. The average molecular weight is 158 g/mol. The van der Waals surface area contributed by atoms with Crippen LogP contribution in [0.5, 0.6) is 0 Å². The van der Waals surface area contributed by atoms with Gasteiger partial charge in [-0.05, 0) is 24.5 Å². The van der Waals surface area contributed by atoms with Crippen LogP contribution in [0.1, 0.15) is 39.5 Å². The lowest BCUT2D eigenvalue weighted by molar-refractivity contribution is 0.398. The lowest BCUT2D eigenvalue weighted by Crippen LogP contribution is -2.18. The minimum atomic E-state index is 0.985. The molecule has 1 aliphatic carbocycles. The second-order valence-electron chi connectivity index (χ2n) is 3.26. The first kappa shape index (κ1) is 8.45. The zero-order valence-corrected chi connectivity index (χ0v) is 7.91. The standard InChI is InChI=1S/C9H18S/c1-3-10-9-7-5-4-6-8(9)2/h8-9H,3-7H2,1-2H3/t8-,9+/m1/s1. The van der Waals surface area contributed by atoms with Crippen LogP contribution < -0.4 is 0 Å². The van der Waals surface area contributed by atoms with Crippen LogP contribution in [0.25, 0.3) is 0 Å². The van der Waals surface area contributed by atoms with Crippen LogP contribution in [0.2, 0.25) is 0 Å². The molecule has 60 valence electrons. The van der Waals surface area contributed by atoms with Crippen molar-refractivity contribution in [1.29, 1.82) is 0 Å². The quantitative estimate of drug-likeness (QED) is 0.594. The zero-order chi connectivity index (χ0) is 7.40. The summed E-state index contributed by atoms with van der Waals surface area (Å²) < 4.78 is 0. The van der Waals surface area contributed by atoms with Crippen LogP contribution in [0.4, 0.5) is 0 Å². The molecular formula is C9H18S. The highest BCUT2D eigenvalue weighted by Crippen LogP contribution is 2.32. The third-order valence-corrected chi connectivity index (χ3v) is 3.88. The Morgan fingerprint density at radius 3 is 2.60 bits per heavy atom. The third-order valence-electron chi connectivity index (χ3n) is 2.41. The number of thioether (sulfide) groups is 1. The van der Waals surface area contributed by atoms with Crippen molar-refractivity contribution in [3.63, 3.8) is 0 Å². The molecule has 0 aromatic carbocycles. The highest BCUT2D eigenvalue weighted by molar-refractivity contribution is 7.99. The summed E-state index contributed by atoms with van der Waals surface area (Å²) in [5.41, 5.74) is 0. The minimum Gasteiger partial charge on any atom is -0.159 e. The first-order valence-corrected chi connectivity index (χ1v) is 5.51. The zero-order valence-electron chi connectivity index (χ0n) is 7.10. The van der Waals surface area contributed by atoms with Crippen LogP contribution in [-0.4, -0.2) is 11.0 Å². The molecule has 0 aromatic heterocycles. The van der Waals surface area contributed by atoms with Crippen LogP contribution in [-0.2, 0) is 0 Å². The van der Waals surface area contributed by atoms with E-state index in [2.05, 4.69) is 25.6 Å². The van der Waals surface area contributed by atoms with Gasteiger partial charge in [-0.1, -0.05) is 26.7 Å². The summed E-state index contributed by atoms with van der Waals surface area (Å²) in [6.45, 7) is 4.68. The van der Waals surface area contributed by atoms with Crippen LogP contribution in [0.15, 0.2) is 0 Å². The van der Waals surface area contributed by atoms with Crippen molar-refractivity contribution in [2.24, 2.45) is 5.92 Å². The summed E-state index contributed by atoms with van der Waals surface area (Å²) in [5.74, 6) is 2.29. The molecule has 0 saturated heterocycles. The van der Waals surface area contributed by atoms with Crippen molar-refractivity contribution in [2.75, 3.05) is 5.75 Å². The van der Waals surface area contributed by atoms with Gasteiger partial charge in [0.2, 0.25) is 0 Å². The van der Waals surface area contributed by atoms with Gasteiger partial charge in [0, 0.05) is 5.25 Å². The predicted octanol–water partition coefficient (Wildman–Crippen LogP) is 3.32. The number of hydrogen-bond donors (Lipinski definition) is 0. The molecule has 0 unspecified atom stereocenters. The van der Waals surface area contributed by atoms with Gasteiger partial charge in [-0.2, -0.15) is 11.8 Å². The Balaban J connectivity index is 2.25. The Morgan fingerprint density at radius 1 is 1.30 bits per heavy atom. The summed E-state index contributed by atoms with van der Waals surface area (Å²) in [4.78, 5) is 0. The fraction of sp³-hybridized carbons (Fsp3) is 1.00. The number of hydrogen-bond acceptors (Lipinski definition) is 1. The first-order chi connectivity index (χ1) is 4.84. The number of rotatable bonds is 2. The van der Waals surface area contributed by atoms with E-state index in [0.29, 0.717) is 0 Å². The molecule has 1 aliphatic rings. The normalized spacial score (nSPS) is 34.2. The van der Waals surface area contributed by atoms with Crippen molar-refractivity contribution >= 4 is 11.8 Å². The van der Waals surface area contributed by atoms with Gasteiger partial charge < -0.3 is 0 Å². The van der Waals surface area contributed by atoms with E-state index in [1.54, 1.807) is 0 Å². The molecule has 0 bridgehead atoms. The van der Waals surface area contributed by atoms with Gasteiger partial charge in [0.25, 0.3) is 0 Å². The molecule has 1 saturated carbocycles. The van der Waals surface area contributed by atoms with Gasteiger partial charge in [-0.3, -0.25) is 0 Å². The molecule has 2 atom stereocenters. The average Bonchev–Trinajstić information content (AvgIpc) is 1.94. The van der Waals surface area contributed by atoms with Crippen molar-refractivity contribution in [3.05, 3.63) is 0 Å². The molecule has 0 aliphatic heterocycles. The van der Waals surface area contributed by atoms with Crippen molar-refractivity contribution in [1.82, 2.24) is 0 Å². The van der Waals surface area contributed by atoms with Gasteiger partial charge >= 0.3 is 0 Å². The van der Waals surface area contributed by atoms with Gasteiger partial charge in [-0.25, -0.2) is 0 Å². The van der Waals surface area contributed by atoms with E-state index in [0.717, 1.165) is 11.2 Å². The molecule has 0 nitrogen and oxygen atoms in total. The topological polar surface area (TPSA) is 0 Å². The van der Waals surface area contributed by atoms with Gasteiger partial charge in [0.05, 0.1) is 0 Å². The fourth-order valence-electron chi connectivity index (χ4n) is 1.74. The molecular weight excluding hydrogens is 140 g/mol. The largest absolute Gasteiger partial charge is 0.159 e. The Hall–Kier alpha value is 0.350. The molecule has 0 N–H and O–H groups in total. The van der Waals surface area contributed by atoms with E-state index in [1.165, 1.54) is 31.4 Å². The lowest BCUT2D eigenvalue weighted by Gasteiger charge is -2.27. The van der Waals surface area contributed by atoms with E-state index >= 15 is 0 Å². The summed E-state index contributed by atoms with van der Waals surface area (Å²) in [6, 6.07) is 0. The smallest absolute Gasteiger partial charge is 0.00725 e. The Bertz CT molecular complexity index is 88.7. The van der Waals surface area contributed by atoms with E-state index in [4.69, 9.17) is 0 Å². The summed E-state index contributed by atoms with van der Waals surface area (Å²) in [5, 5.41) is 0.985. The second-order valence-corrected chi connectivity index (χ2v) is 4.77. The highest BCUT2D eigenvalue weighted by atomic mass is 32.2. The monoisotopic (exact) mass is 158 g/mol. The van der Waals surface area contributed by atoms with Gasteiger partial charge in [-0.15, -0.1) is 0 Å². The van der Waals surface area contributed by atoms with Crippen molar-refractivity contribution in [2.45, 2.75) is 44.8 Å². The molecule has 0 aromatic rings.